The van der Waals surface area contributed by atoms with Gasteiger partial charge in [0.1, 0.15) is 11.9 Å². The molecule has 1 unspecified atom stereocenters. The summed E-state index contributed by atoms with van der Waals surface area (Å²) in [4.78, 5) is 0. The molecular weight excluding hydrogens is 466 g/mol. The second kappa shape index (κ2) is 6.22. The van der Waals surface area contributed by atoms with Gasteiger partial charge in [-0.05, 0) is 39.7 Å². The molecule has 19 heavy (non-hydrogen) atoms. The van der Waals surface area contributed by atoms with Gasteiger partial charge in [0.05, 0.1) is 5.02 Å². The van der Waals surface area contributed by atoms with Crippen LogP contribution in [0.4, 0.5) is 4.39 Å². The zero-order valence-electron chi connectivity index (χ0n) is 9.30. The Morgan fingerprint density at radius 3 is 2.26 bits per heavy atom. The number of hydrogen-bond donors (Lipinski definition) is 1. The average molecular weight is 473 g/mol. The predicted octanol–water partition coefficient (Wildman–Crippen LogP) is 5.85. The largest absolute Gasteiger partial charge is 0.384 e. The van der Waals surface area contributed by atoms with Crippen LogP contribution in [-0.4, -0.2) is 5.11 Å². The van der Waals surface area contributed by atoms with Gasteiger partial charge < -0.3 is 5.11 Å². The molecule has 0 heterocycles. The van der Waals surface area contributed by atoms with Gasteiger partial charge in [0.25, 0.3) is 0 Å². The fraction of sp³-hybridized carbons (Fsp3) is 0.0769. The maximum atomic E-state index is 14.1. The zero-order valence-corrected chi connectivity index (χ0v) is 14.8. The Morgan fingerprint density at radius 2 is 1.63 bits per heavy atom. The first-order chi connectivity index (χ1) is 8.91. The summed E-state index contributed by atoms with van der Waals surface area (Å²) in [5.41, 5.74) is 0.705. The Bertz CT molecular complexity index is 634. The van der Waals surface area contributed by atoms with Crippen LogP contribution in [0, 0.1) is 5.82 Å². The summed E-state index contributed by atoms with van der Waals surface area (Å²) in [6.45, 7) is 0. The molecule has 0 spiro atoms. The van der Waals surface area contributed by atoms with Crippen molar-refractivity contribution in [2.75, 3.05) is 0 Å². The first-order valence-electron chi connectivity index (χ1n) is 5.18. The molecule has 0 aliphatic rings. The van der Waals surface area contributed by atoms with E-state index in [9.17, 15) is 9.50 Å². The molecule has 100 valence electrons. The van der Waals surface area contributed by atoms with Crippen LogP contribution in [0.15, 0.2) is 43.7 Å². The molecular formula is C13H7Br3ClFO. The first-order valence-corrected chi connectivity index (χ1v) is 7.94. The summed E-state index contributed by atoms with van der Waals surface area (Å²) in [7, 11) is 0. The van der Waals surface area contributed by atoms with E-state index in [2.05, 4.69) is 47.8 Å². The number of halogens is 5. The minimum absolute atomic E-state index is 0.0372. The lowest BCUT2D eigenvalue weighted by atomic mass is 10.0. The van der Waals surface area contributed by atoms with Crippen molar-refractivity contribution < 1.29 is 9.50 Å². The quantitative estimate of drug-likeness (QED) is 0.543. The van der Waals surface area contributed by atoms with Gasteiger partial charge in [-0.1, -0.05) is 55.6 Å². The standard InChI is InChI=1S/C13H7Br3ClFO/c14-6-1-2-7(10(16)5-6)13(19)8-3-4-9(15)11(17)12(8)18/h1-5,13,19H. The van der Waals surface area contributed by atoms with Crippen molar-refractivity contribution in [3.63, 3.8) is 0 Å². The van der Waals surface area contributed by atoms with E-state index in [1.165, 1.54) is 6.07 Å². The van der Waals surface area contributed by atoms with Gasteiger partial charge in [0, 0.05) is 19.0 Å². The van der Waals surface area contributed by atoms with Crippen LogP contribution in [0.25, 0.3) is 0 Å². The molecule has 0 amide bonds. The fourth-order valence-corrected chi connectivity index (χ4v) is 3.39. The van der Waals surface area contributed by atoms with E-state index in [4.69, 9.17) is 11.6 Å². The normalized spacial score (nSPS) is 12.5. The predicted molar refractivity (Wildman–Crippen MR) is 85.0 cm³/mol. The van der Waals surface area contributed by atoms with E-state index < -0.39 is 11.9 Å². The van der Waals surface area contributed by atoms with Gasteiger partial charge in [-0.25, -0.2) is 4.39 Å². The monoisotopic (exact) mass is 470 g/mol. The van der Waals surface area contributed by atoms with Gasteiger partial charge >= 0.3 is 0 Å². The maximum Gasteiger partial charge on any atom is 0.149 e. The Hall–Kier alpha value is 0.0600. The highest BCUT2D eigenvalue weighted by molar-refractivity contribution is 9.11. The number of aliphatic hydroxyl groups is 1. The van der Waals surface area contributed by atoms with Crippen LogP contribution >= 0.6 is 59.4 Å². The summed E-state index contributed by atoms with van der Waals surface area (Å²) < 4.78 is 16.1. The Kier molecular flexibility index (Phi) is 5.06. The maximum absolute atomic E-state index is 14.1. The van der Waals surface area contributed by atoms with E-state index >= 15 is 0 Å². The average Bonchev–Trinajstić information content (AvgIpc) is 2.35. The minimum atomic E-state index is -1.09. The molecule has 2 aromatic carbocycles. The molecule has 2 rings (SSSR count). The molecule has 1 atom stereocenters. The van der Waals surface area contributed by atoms with Crippen molar-refractivity contribution in [2.24, 2.45) is 0 Å². The molecule has 0 fully saturated rings. The second-order valence-electron chi connectivity index (χ2n) is 3.83. The SMILES string of the molecule is OC(c1ccc(Br)cc1Br)c1ccc(Br)c(Cl)c1F. The third-order valence-corrected chi connectivity index (χ3v) is 5.06. The van der Waals surface area contributed by atoms with E-state index in [-0.39, 0.29) is 10.6 Å². The first kappa shape index (κ1) is 15.4. The lowest BCUT2D eigenvalue weighted by Crippen LogP contribution is -2.04. The van der Waals surface area contributed by atoms with Crippen molar-refractivity contribution in [2.45, 2.75) is 6.10 Å². The molecule has 0 bridgehead atoms. The highest BCUT2D eigenvalue weighted by atomic mass is 79.9. The molecule has 6 heteroatoms. The Balaban J connectivity index is 2.50. The highest BCUT2D eigenvalue weighted by Crippen LogP contribution is 2.35. The molecule has 0 saturated heterocycles. The lowest BCUT2D eigenvalue weighted by Gasteiger charge is -2.15. The van der Waals surface area contributed by atoms with Crippen LogP contribution in [-0.2, 0) is 0 Å². The third kappa shape index (κ3) is 3.22. The lowest BCUT2D eigenvalue weighted by molar-refractivity contribution is 0.214. The van der Waals surface area contributed by atoms with E-state index in [0.717, 1.165) is 4.47 Å². The molecule has 1 N–H and O–H groups in total. The highest BCUT2D eigenvalue weighted by Gasteiger charge is 2.20. The number of aliphatic hydroxyl groups excluding tert-OH is 1. The second-order valence-corrected chi connectivity index (χ2v) is 6.84. The summed E-state index contributed by atoms with van der Waals surface area (Å²) in [5.74, 6) is -0.627. The Labute approximate surface area is 140 Å². The number of rotatable bonds is 2. The van der Waals surface area contributed by atoms with E-state index in [0.29, 0.717) is 14.5 Å². The van der Waals surface area contributed by atoms with E-state index in [1.54, 1.807) is 24.3 Å². The van der Waals surface area contributed by atoms with Gasteiger partial charge in [0.2, 0.25) is 0 Å². The van der Waals surface area contributed by atoms with Crippen LogP contribution in [0.5, 0.6) is 0 Å². The van der Waals surface area contributed by atoms with Crippen molar-refractivity contribution in [1.29, 1.82) is 0 Å². The topological polar surface area (TPSA) is 20.2 Å². The van der Waals surface area contributed by atoms with Crippen molar-refractivity contribution in [3.05, 3.63) is 65.7 Å². The summed E-state index contributed by atoms with van der Waals surface area (Å²) in [6, 6.07) is 8.40. The third-order valence-electron chi connectivity index (χ3n) is 2.62. The van der Waals surface area contributed by atoms with Crippen LogP contribution in [0.2, 0.25) is 5.02 Å². The van der Waals surface area contributed by atoms with Crippen molar-refractivity contribution in [1.82, 2.24) is 0 Å². The van der Waals surface area contributed by atoms with Crippen LogP contribution in [0.3, 0.4) is 0 Å². The smallest absolute Gasteiger partial charge is 0.149 e. The summed E-state index contributed by atoms with van der Waals surface area (Å²) in [6.07, 6.45) is -1.09. The van der Waals surface area contributed by atoms with Crippen molar-refractivity contribution in [3.8, 4) is 0 Å². The van der Waals surface area contributed by atoms with Gasteiger partial charge in [0.15, 0.2) is 0 Å². The molecule has 0 aliphatic heterocycles. The zero-order chi connectivity index (χ0) is 14.2. The number of benzene rings is 2. The molecule has 0 radical (unpaired) electrons. The van der Waals surface area contributed by atoms with E-state index in [1.807, 2.05) is 0 Å². The summed E-state index contributed by atoms with van der Waals surface area (Å²) >= 11 is 15.6. The fourth-order valence-electron chi connectivity index (χ4n) is 1.64. The van der Waals surface area contributed by atoms with Crippen LogP contribution < -0.4 is 0 Å². The van der Waals surface area contributed by atoms with Crippen LogP contribution in [0.1, 0.15) is 17.2 Å². The molecule has 0 aliphatic carbocycles. The molecule has 0 saturated carbocycles. The summed E-state index contributed by atoms with van der Waals surface area (Å²) in [5, 5.41) is 10.3. The minimum Gasteiger partial charge on any atom is -0.384 e. The van der Waals surface area contributed by atoms with Gasteiger partial charge in [-0.2, -0.15) is 0 Å². The number of hydrogen-bond acceptors (Lipinski definition) is 1. The van der Waals surface area contributed by atoms with Gasteiger partial charge in [-0.3, -0.25) is 0 Å². The molecule has 2 aromatic rings. The molecule has 0 aromatic heterocycles. The molecule has 1 nitrogen and oxygen atoms in total. The van der Waals surface area contributed by atoms with Crippen molar-refractivity contribution >= 4 is 59.4 Å². The Morgan fingerprint density at radius 1 is 1.00 bits per heavy atom. The van der Waals surface area contributed by atoms with Gasteiger partial charge in [-0.15, -0.1) is 0 Å².